The van der Waals surface area contributed by atoms with Gasteiger partial charge in [-0.3, -0.25) is 4.79 Å². The molecule has 4 rings (SSSR count). The summed E-state index contributed by atoms with van der Waals surface area (Å²) in [5, 5.41) is 7.00. The molecular weight excluding hydrogens is 434 g/mol. The Kier molecular flexibility index (Phi) is 5.81. The van der Waals surface area contributed by atoms with Gasteiger partial charge in [0.2, 0.25) is 15.9 Å². The number of carbonyl (C=O) groups excluding carboxylic acids is 1. The van der Waals surface area contributed by atoms with Crippen molar-refractivity contribution in [2.45, 2.75) is 11.3 Å². The van der Waals surface area contributed by atoms with Crippen LogP contribution in [0.3, 0.4) is 0 Å². The van der Waals surface area contributed by atoms with E-state index in [9.17, 15) is 13.2 Å². The second-order valence-electron chi connectivity index (χ2n) is 6.02. The minimum absolute atomic E-state index is 0.0162. The van der Waals surface area contributed by atoms with Crippen molar-refractivity contribution in [3.63, 3.8) is 0 Å². The summed E-state index contributed by atoms with van der Waals surface area (Å²) in [7, 11) is -3.76. The van der Waals surface area contributed by atoms with Gasteiger partial charge in [-0.15, -0.1) is 22.7 Å². The van der Waals surface area contributed by atoms with Crippen molar-refractivity contribution < 1.29 is 22.7 Å². The van der Waals surface area contributed by atoms with Crippen molar-refractivity contribution in [1.82, 2.24) is 9.71 Å². The molecule has 1 aliphatic heterocycles. The third-order valence-electron chi connectivity index (χ3n) is 3.99. The number of hydrogen-bond acceptors (Lipinski definition) is 8. The fourth-order valence-electron chi connectivity index (χ4n) is 2.62. The van der Waals surface area contributed by atoms with E-state index >= 15 is 0 Å². The van der Waals surface area contributed by atoms with Crippen LogP contribution in [0.4, 0.5) is 5.13 Å². The Labute approximate surface area is 175 Å². The molecule has 8 nitrogen and oxygen atoms in total. The van der Waals surface area contributed by atoms with Crippen LogP contribution >= 0.6 is 22.7 Å². The Bertz CT molecular complexity index is 1110. The Morgan fingerprint density at radius 2 is 1.97 bits per heavy atom. The van der Waals surface area contributed by atoms with Crippen molar-refractivity contribution in [3.8, 4) is 22.1 Å². The fraction of sp³-hybridized carbons (Fsp3) is 0.222. The van der Waals surface area contributed by atoms with Crippen molar-refractivity contribution in [1.29, 1.82) is 0 Å². The predicted octanol–water partition coefficient (Wildman–Crippen LogP) is 2.95. The number of rotatable bonds is 7. The maximum Gasteiger partial charge on any atom is 0.240 e. The maximum atomic E-state index is 12.4. The SMILES string of the molecule is O=C(CCNS(=O)(=O)c1ccc2c(c1)OCCO2)Nc1nc(-c2cccs2)cs1. The minimum Gasteiger partial charge on any atom is -0.486 e. The molecule has 0 saturated heterocycles. The number of nitrogens with one attached hydrogen (secondary N) is 2. The minimum atomic E-state index is -3.76. The van der Waals surface area contributed by atoms with Crippen LogP contribution in [0.5, 0.6) is 11.5 Å². The summed E-state index contributed by atoms with van der Waals surface area (Å²) in [6.45, 7) is 0.765. The molecule has 1 amide bonds. The average molecular weight is 452 g/mol. The number of aromatic nitrogens is 1. The number of nitrogens with zero attached hydrogens (tertiary/aromatic N) is 1. The maximum absolute atomic E-state index is 12.4. The highest BCUT2D eigenvalue weighted by Gasteiger charge is 2.19. The molecule has 2 aromatic heterocycles. The molecular formula is C18H17N3O5S3. The molecule has 0 fully saturated rings. The summed E-state index contributed by atoms with van der Waals surface area (Å²) in [6, 6.07) is 8.31. The zero-order chi connectivity index (χ0) is 20.3. The fourth-order valence-corrected chi connectivity index (χ4v) is 5.16. The van der Waals surface area contributed by atoms with E-state index in [1.54, 1.807) is 17.4 Å². The summed E-state index contributed by atoms with van der Waals surface area (Å²) in [5.41, 5.74) is 0.805. The summed E-state index contributed by atoms with van der Waals surface area (Å²) in [6.07, 6.45) is -0.0162. The molecule has 3 aromatic rings. The second kappa shape index (κ2) is 8.49. The molecule has 1 aliphatic rings. The highest BCUT2D eigenvalue weighted by atomic mass is 32.2. The average Bonchev–Trinajstić information content (AvgIpc) is 3.39. The van der Waals surface area contributed by atoms with Gasteiger partial charge in [0, 0.05) is 24.4 Å². The van der Waals surface area contributed by atoms with Crippen LogP contribution in [0, 0.1) is 0 Å². The van der Waals surface area contributed by atoms with Crippen LogP contribution < -0.4 is 19.5 Å². The number of ether oxygens (including phenoxy) is 2. The van der Waals surface area contributed by atoms with Gasteiger partial charge in [0.25, 0.3) is 0 Å². The van der Waals surface area contributed by atoms with E-state index in [0.29, 0.717) is 29.8 Å². The number of benzene rings is 1. The standard InChI is InChI=1S/C18H17N3O5S3/c22-17(21-18-20-13(11-28-18)16-2-1-9-27-16)5-6-19-29(23,24)12-3-4-14-15(10-12)26-8-7-25-14/h1-4,9-11,19H,5-8H2,(H,20,21,22). The van der Waals surface area contributed by atoms with Gasteiger partial charge in [0.1, 0.15) is 13.2 Å². The van der Waals surface area contributed by atoms with Crippen LogP contribution in [-0.2, 0) is 14.8 Å². The molecule has 3 heterocycles. The first-order valence-electron chi connectivity index (χ1n) is 8.70. The van der Waals surface area contributed by atoms with Crippen molar-refractivity contribution in [3.05, 3.63) is 41.1 Å². The zero-order valence-corrected chi connectivity index (χ0v) is 17.5. The van der Waals surface area contributed by atoms with Crippen molar-refractivity contribution >= 4 is 43.7 Å². The van der Waals surface area contributed by atoms with Crippen LogP contribution in [0.1, 0.15) is 6.42 Å². The van der Waals surface area contributed by atoms with Crippen molar-refractivity contribution in [2.75, 3.05) is 25.1 Å². The van der Waals surface area contributed by atoms with Gasteiger partial charge >= 0.3 is 0 Å². The van der Waals surface area contributed by atoms with Crippen LogP contribution in [0.25, 0.3) is 10.6 Å². The molecule has 29 heavy (non-hydrogen) atoms. The molecule has 1 aromatic carbocycles. The van der Waals surface area contributed by atoms with Crippen LogP contribution in [-0.4, -0.2) is 39.1 Å². The normalized spacial score (nSPS) is 13.2. The second-order valence-corrected chi connectivity index (χ2v) is 9.59. The number of amides is 1. The van der Waals surface area contributed by atoms with E-state index < -0.39 is 10.0 Å². The molecule has 0 atom stereocenters. The highest BCUT2D eigenvalue weighted by Crippen LogP contribution is 2.32. The molecule has 0 saturated carbocycles. The van der Waals surface area contributed by atoms with Gasteiger partial charge in [-0.1, -0.05) is 6.07 Å². The van der Waals surface area contributed by atoms with Gasteiger partial charge in [0.15, 0.2) is 16.6 Å². The largest absolute Gasteiger partial charge is 0.486 e. The van der Waals surface area contributed by atoms with E-state index in [1.807, 2.05) is 22.9 Å². The van der Waals surface area contributed by atoms with E-state index in [1.165, 1.54) is 23.5 Å². The number of thiazole rings is 1. The Morgan fingerprint density at radius 3 is 2.76 bits per heavy atom. The van der Waals surface area contributed by atoms with Crippen molar-refractivity contribution in [2.24, 2.45) is 0 Å². The predicted molar refractivity (Wildman–Crippen MR) is 111 cm³/mol. The lowest BCUT2D eigenvalue weighted by molar-refractivity contribution is -0.116. The lowest BCUT2D eigenvalue weighted by Gasteiger charge is -2.18. The Morgan fingerprint density at radius 1 is 1.14 bits per heavy atom. The van der Waals surface area contributed by atoms with Gasteiger partial charge in [0.05, 0.1) is 15.5 Å². The van der Waals surface area contributed by atoms with E-state index in [2.05, 4.69) is 15.0 Å². The van der Waals surface area contributed by atoms with Gasteiger partial charge in [-0.2, -0.15) is 0 Å². The van der Waals surface area contributed by atoms with Crippen LogP contribution in [0.15, 0.2) is 46.0 Å². The molecule has 0 unspecified atom stereocenters. The summed E-state index contributed by atoms with van der Waals surface area (Å²) in [5.74, 6) is 0.587. The third kappa shape index (κ3) is 4.75. The summed E-state index contributed by atoms with van der Waals surface area (Å²) < 4.78 is 38.1. The highest BCUT2D eigenvalue weighted by molar-refractivity contribution is 7.89. The zero-order valence-electron chi connectivity index (χ0n) is 15.1. The van der Waals surface area contributed by atoms with Gasteiger partial charge in [-0.05, 0) is 23.6 Å². The van der Waals surface area contributed by atoms with Gasteiger partial charge in [-0.25, -0.2) is 18.1 Å². The smallest absolute Gasteiger partial charge is 0.240 e. The van der Waals surface area contributed by atoms with E-state index in [4.69, 9.17) is 9.47 Å². The number of sulfonamides is 1. The first-order chi connectivity index (χ1) is 14.0. The number of carbonyl (C=O) groups is 1. The molecule has 0 aliphatic carbocycles. The summed E-state index contributed by atoms with van der Waals surface area (Å²) in [4.78, 5) is 17.6. The number of fused-ring (bicyclic) bond motifs is 1. The molecule has 11 heteroatoms. The molecule has 0 spiro atoms. The summed E-state index contributed by atoms with van der Waals surface area (Å²) >= 11 is 2.89. The Hall–Kier alpha value is -2.47. The topological polar surface area (TPSA) is 107 Å². The third-order valence-corrected chi connectivity index (χ3v) is 7.10. The quantitative estimate of drug-likeness (QED) is 0.572. The van der Waals surface area contributed by atoms with E-state index in [-0.39, 0.29) is 23.8 Å². The van der Waals surface area contributed by atoms with E-state index in [0.717, 1.165) is 10.6 Å². The molecule has 152 valence electrons. The monoisotopic (exact) mass is 451 g/mol. The first-order valence-corrected chi connectivity index (χ1v) is 11.9. The first kappa shape index (κ1) is 19.8. The van der Waals surface area contributed by atoms with Crippen LogP contribution in [0.2, 0.25) is 0 Å². The Balaban J connectivity index is 1.30. The lowest BCUT2D eigenvalue weighted by Crippen LogP contribution is -2.28. The van der Waals surface area contributed by atoms with Gasteiger partial charge < -0.3 is 14.8 Å². The molecule has 0 radical (unpaired) electrons. The number of hydrogen-bond donors (Lipinski definition) is 2. The molecule has 0 bridgehead atoms. The number of anilines is 1. The number of thiophene rings is 1. The molecule has 2 N–H and O–H groups in total. The lowest BCUT2D eigenvalue weighted by atomic mass is 10.3.